The Labute approximate surface area is 109 Å². The smallest absolute Gasteiger partial charge is 0.317 e. The molecule has 104 valence electrons. The summed E-state index contributed by atoms with van der Waals surface area (Å²) < 4.78 is 0. The lowest BCUT2D eigenvalue weighted by Gasteiger charge is -2.24. The van der Waals surface area contributed by atoms with Crippen LogP contribution in [0.15, 0.2) is 0 Å². The number of urea groups is 1. The number of carbonyl (C=O) groups excluding carboxylic acids is 1. The molecule has 0 aromatic heterocycles. The summed E-state index contributed by atoms with van der Waals surface area (Å²) in [5.74, 6) is -0.302. The molecule has 2 N–H and O–H groups in total. The van der Waals surface area contributed by atoms with Gasteiger partial charge in [-0.15, -0.1) is 0 Å². The van der Waals surface area contributed by atoms with E-state index < -0.39 is 5.97 Å². The number of hydrogen-bond acceptors (Lipinski definition) is 2. The van der Waals surface area contributed by atoms with Gasteiger partial charge in [0.05, 0.1) is 0 Å². The van der Waals surface area contributed by atoms with E-state index in [1.54, 1.807) is 0 Å². The van der Waals surface area contributed by atoms with Crippen LogP contribution in [0, 0.1) is 5.92 Å². The minimum Gasteiger partial charge on any atom is -0.481 e. The van der Waals surface area contributed by atoms with E-state index in [0.29, 0.717) is 24.9 Å². The van der Waals surface area contributed by atoms with Crippen molar-refractivity contribution in [3.63, 3.8) is 0 Å². The second kappa shape index (κ2) is 7.24. The van der Waals surface area contributed by atoms with Crippen molar-refractivity contribution in [2.24, 2.45) is 5.92 Å². The highest BCUT2D eigenvalue weighted by Gasteiger charge is 2.32. The average Bonchev–Trinajstić information content (AvgIpc) is 3.08. The number of carbonyl (C=O) groups is 2. The SMILES string of the molecule is CC(C)CN(C(=O)NCCCCC(=O)O)C1CC1. The largest absolute Gasteiger partial charge is 0.481 e. The molecule has 5 heteroatoms. The van der Waals surface area contributed by atoms with Crippen molar-refractivity contribution in [1.82, 2.24) is 10.2 Å². The van der Waals surface area contributed by atoms with E-state index in [1.807, 2.05) is 4.90 Å². The zero-order valence-electron chi connectivity index (χ0n) is 11.3. The first kappa shape index (κ1) is 14.8. The Bertz CT molecular complexity index is 288. The van der Waals surface area contributed by atoms with Crippen molar-refractivity contribution in [3.8, 4) is 0 Å². The van der Waals surface area contributed by atoms with Crippen LogP contribution in [-0.2, 0) is 4.79 Å². The average molecular weight is 256 g/mol. The van der Waals surface area contributed by atoms with Gasteiger partial charge < -0.3 is 15.3 Å². The van der Waals surface area contributed by atoms with E-state index in [9.17, 15) is 9.59 Å². The Morgan fingerprint density at radius 2 is 2.00 bits per heavy atom. The Kier molecular flexibility index (Phi) is 5.95. The molecule has 0 aliphatic heterocycles. The van der Waals surface area contributed by atoms with E-state index >= 15 is 0 Å². The molecule has 1 aliphatic carbocycles. The second-order valence-corrected chi connectivity index (χ2v) is 5.36. The predicted molar refractivity (Wildman–Crippen MR) is 69.5 cm³/mol. The molecule has 0 aromatic rings. The molecule has 1 aliphatic rings. The first-order valence-electron chi connectivity index (χ1n) is 6.77. The van der Waals surface area contributed by atoms with Gasteiger partial charge >= 0.3 is 12.0 Å². The molecule has 1 fully saturated rings. The second-order valence-electron chi connectivity index (χ2n) is 5.36. The maximum Gasteiger partial charge on any atom is 0.317 e. The minimum absolute atomic E-state index is 0.00141. The lowest BCUT2D eigenvalue weighted by Crippen LogP contribution is -2.43. The van der Waals surface area contributed by atoms with Gasteiger partial charge in [-0.25, -0.2) is 4.79 Å². The van der Waals surface area contributed by atoms with Crippen molar-refractivity contribution in [3.05, 3.63) is 0 Å². The van der Waals surface area contributed by atoms with Crippen LogP contribution in [0.1, 0.15) is 46.0 Å². The van der Waals surface area contributed by atoms with Crippen LogP contribution in [0.3, 0.4) is 0 Å². The number of rotatable bonds is 8. The standard InChI is InChI=1S/C13H24N2O3/c1-10(2)9-15(11-6-7-11)13(18)14-8-4-3-5-12(16)17/h10-11H,3-9H2,1-2H3,(H,14,18)(H,16,17). The van der Waals surface area contributed by atoms with Crippen molar-refractivity contribution in [2.75, 3.05) is 13.1 Å². The summed E-state index contributed by atoms with van der Waals surface area (Å²) in [6.07, 6.45) is 3.73. The van der Waals surface area contributed by atoms with Crippen molar-refractivity contribution >= 4 is 12.0 Å². The highest BCUT2D eigenvalue weighted by atomic mass is 16.4. The summed E-state index contributed by atoms with van der Waals surface area (Å²) in [7, 11) is 0. The maximum absolute atomic E-state index is 12.0. The van der Waals surface area contributed by atoms with Gasteiger partial charge in [-0.1, -0.05) is 13.8 Å². The maximum atomic E-state index is 12.0. The van der Waals surface area contributed by atoms with Gasteiger partial charge in [-0.3, -0.25) is 4.79 Å². The van der Waals surface area contributed by atoms with Crippen molar-refractivity contribution < 1.29 is 14.7 Å². The summed E-state index contributed by atoms with van der Waals surface area (Å²) >= 11 is 0. The van der Waals surface area contributed by atoms with E-state index in [-0.39, 0.29) is 12.5 Å². The van der Waals surface area contributed by atoms with Gasteiger partial charge in [0.2, 0.25) is 0 Å². The van der Waals surface area contributed by atoms with E-state index in [2.05, 4.69) is 19.2 Å². The number of carboxylic acid groups (broad SMARTS) is 1. The lowest BCUT2D eigenvalue weighted by atomic mass is 10.2. The van der Waals surface area contributed by atoms with Crippen LogP contribution in [0.25, 0.3) is 0 Å². The fourth-order valence-corrected chi connectivity index (χ4v) is 1.88. The van der Waals surface area contributed by atoms with Crippen molar-refractivity contribution in [1.29, 1.82) is 0 Å². The lowest BCUT2D eigenvalue weighted by molar-refractivity contribution is -0.137. The molecule has 0 unspecified atom stereocenters. The number of nitrogens with one attached hydrogen (secondary N) is 1. The quantitative estimate of drug-likeness (QED) is 0.653. The van der Waals surface area contributed by atoms with Gasteiger partial charge in [0.15, 0.2) is 0 Å². The monoisotopic (exact) mass is 256 g/mol. The molecule has 0 bridgehead atoms. The fourth-order valence-electron chi connectivity index (χ4n) is 1.88. The Balaban J connectivity index is 2.18. The minimum atomic E-state index is -0.777. The molecule has 0 aromatic carbocycles. The summed E-state index contributed by atoms with van der Waals surface area (Å²) in [5.41, 5.74) is 0. The topological polar surface area (TPSA) is 69.6 Å². The molecule has 1 saturated carbocycles. The molecule has 1 rings (SSSR count). The number of carboxylic acids is 1. The molecule has 0 radical (unpaired) electrons. The van der Waals surface area contributed by atoms with Gasteiger partial charge in [0.1, 0.15) is 0 Å². The van der Waals surface area contributed by atoms with Gasteiger partial charge in [-0.2, -0.15) is 0 Å². The van der Waals surface area contributed by atoms with Crippen LogP contribution in [-0.4, -0.2) is 41.1 Å². The van der Waals surface area contributed by atoms with E-state index in [1.165, 1.54) is 0 Å². The van der Waals surface area contributed by atoms with Crippen LogP contribution >= 0.6 is 0 Å². The number of hydrogen-bond donors (Lipinski definition) is 2. The third-order valence-corrected chi connectivity index (χ3v) is 2.90. The Morgan fingerprint density at radius 3 is 2.50 bits per heavy atom. The molecular formula is C13H24N2O3. The number of unbranched alkanes of at least 4 members (excludes halogenated alkanes) is 1. The predicted octanol–water partition coefficient (Wildman–Crippen LogP) is 2.07. The van der Waals surface area contributed by atoms with E-state index in [0.717, 1.165) is 25.8 Å². The fraction of sp³-hybridized carbons (Fsp3) is 0.846. The normalized spacial score (nSPS) is 14.6. The first-order valence-corrected chi connectivity index (χ1v) is 6.77. The molecule has 5 nitrogen and oxygen atoms in total. The van der Waals surface area contributed by atoms with Gasteiger partial charge in [0, 0.05) is 25.6 Å². The molecule has 0 heterocycles. The van der Waals surface area contributed by atoms with E-state index in [4.69, 9.17) is 5.11 Å². The zero-order valence-corrected chi connectivity index (χ0v) is 11.3. The highest BCUT2D eigenvalue weighted by molar-refractivity contribution is 5.74. The molecule has 0 saturated heterocycles. The third kappa shape index (κ3) is 5.89. The Morgan fingerprint density at radius 1 is 1.33 bits per heavy atom. The first-order chi connectivity index (χ1) is 8.50. The number of nitrogens with zero attached hydrogens (tertiary/aromatic N) is 1. The molecule has 0 spiro atoms. The van der Waals surface area contributed by atoms with Crippen LogP contribution < -0.4 is 5.32 Å². The highest BCUT2D eigenvalue weighted by Crippen LogP contribution is 2.27. The zero-order chi connectivity index (χ0) is 13.5. The van der Waals surface area contributed by atoms with Gasteiger partial charge in [-0.05, 0) is 31.6 Å². The molecule has 18 heavy (non-hydrogen) atoms. The summed E-state index contributed by atoms with van der Waals surface area (Å²) in [4.78, 5) is 24.2. The Hall–Kier alpha value is -1.26. The van der Waals surface area contributed by atoms with Crippen molar-refractivity contribution in [2.45, 2.75) is 52.0 Å². The van der Waals surface area contributed by atoms with Crippen LogP contribution in [0.5, 0.6) is 0 Å². The summed E-state index contributed by atoms with van der Waals surface area (Å²) in [6, 6.07) is 0.424. The third-order valence-electron chi connectivity index (χ3n) is 2.90. The summed E-state index contributed by atoms with van der Waals surface area (Å²) in [6.45, 7) is 5.57. The number of amides is 2. The summed E-state index contributed by atoms with van der Waals surface area (Å²) in [5, 5.41) is 11.4. The van der Waals surface area contributed by atoms with Crippen LogP contribution in [0.4, 0.5) is 4.79 Å². The molecule has 2 amide bonds. The van der Waals surface area contributed by atoms with Gasteiger partial charge in [0.25, 0.3) is 0 Å². The number of aliphatic carboxylic acids is 1. The molecular weight excluding hydrogens is 232 g/mol. The van der Waals surface area contributed by atoms with Crippen LogP contribution in [0.2, 0.25) is 0 Å². The molecule has 0 atom stereocenters.